The highest BCUT2D eigenvalue weighted by Gasteiger charge is 2.32. The van der Waals surface area contributed by atoms with Crippen LogP contribution in [0.4, 0.5) is 23.4 Å². The zero-order valence-electron chi connectivity index (χ0n) is 10.6. The molecule has 0 aliphatic heterocycles. The molecule has 1 atom stereocenters. The van der Waals surface area contributed by atoms with Gasteiger partial charge in [0.05, 0.1) is 0 Å². The smallest absolute Gasteiger partial charge is 0.364 e. The van der Waals surface area contributed by atoms with E-state index in [2.05, 4.69) is 10.3 Å². The molecule has 106 valence electrons. The number of anilines is 1. The molecule has 2 nitrogen and oxygen atoms in total. The average molecular weight is 284 g/mol. The Bertz CT molecular complexity index is 578. The molecule has 0 amide bonds. The third-order valence-corrected chi connectivity index (χ3v) is 2.77. The molecule has 0 aliphatic rings. The highest BCUT2D eigenvalue weighted by atomic mass is 19.4. The second-order valence-corrected chi connectivity index (χ2v) is 4.32. The van der Waals surface area contributed by atoms with E-state index in [1.165, 1.54) is 24.3 Å². The molecule has 20 heavy (non-hydrogen) atoms. The van der Waals surface area contributed by atoms with Crippen LogP contribution in [0, 0.1) is 5.82 Å². The first-order valence-electron chi connectivity index (χ1n) is 5.92. The van der Waals surface area contributed by atoms with Crippen LogP contribution in [0.15, 0.2) is 42.5 Å². The summed E-state index contributed by atoms with van der Waals surface area (Å²) in [5.74, 6) is -0.241. The van der Waals surface area contributed by atoms with Crippen LogP contribution in [0.5, 0.6) is 0 Å². The van der Waals surface area contributed by atoms with Gasteiger partial charge >= 0.3 is 6.18 Å². The number of halogens is 4. The molecule has 2 rings (SSSR count). The third-order valence-electron chi connectivity index (χ3n) is 2.77. The van der Waals surface area contributed by atoms with Crippen molar-refractivity contribution in [2.75, 3.05) is 5.32 Å². The topological polar surface area (TPSA) is 24.9 Å². The molecule has 1 N–H and O–H groups in total. The molecule has 0 spiro atoms. The molecule has 1 aromatic carbocycles. The lowest BCUT2D eigenvalue weighted by atomic mass is 10.1. The van der Waals surface area contributed by atoms with E-state index >= 15 is 0 Å². The number of nitrogens with one attached hydrogen (secondary N) is 1. The fourth-order valence-corrected chi connectivity index (χ4v) is 1.73. The molecule has 0 radical (unpaired) electrons. The molecule has 1 heterocycles. The van der Waals surface area contributed by atoms with Crippen molar-refractivity contribution in [1.29, 1.82) is 0 Å². The second kappa shape index (κ2) is 5.48. The van der Waals surface area contributed by atoms with Crippen molar-refractivity contribution in [3.05, 3.63) is 59.5 Å². The lowest BCUT2D eigenvalue weighted by molar-refractivity contribution is -0.141. The first-order chi connectivity index (χ1) is 9.36. The van der Waals surface area contributed by atoms with Gasteiger partial charge in [0.2, 0.25) is 0 Å². The summed E-state index contributed by atoms with van der Waals surface area (Å²) in [6.07, 6.45) is -4.48. The van der Waals surface area contributed by atoms with E-state index in [1.807, 2.05) is 0 Å². The van der Waals surface area contributed by atoms with E-state index in [0.29, 0.717) is 0 Å². The minimum atomic E-state index is -4.48. The number of alkyl halides is 3. The van der Waals surface area contributed by atoms with Gasteiger partial charge in [0, 0.05) is 6.04 Å². The van der Waals surface area contributed by atoms with Crippen LogP contribution in [0.25, 0.3) is 0 Å². The van der Waals surface area contributed by atoms with E-state index in [1.54, 1.807) is 19.1 Å². The number of hydrogen-bond donors (Lipinski definition) is 1. The van der Waals surface area contributed by atoms with Crippen LogP contribution in [-0.2, 0) is 6.18 Å². The standard InChI is InChI=1S/C14H12F4N2/c1-9(10-5-7-11(15)8-6-10)19-13-4-2-3-12(20-13)14(16,17)18/h2-9H,1H3,(H,19,20). The Morgan fingerprint density at radius 1 is 1.05 bits per heavy atom. The van der Waals surface area contributed by atoms with Gasteiger partial charge in [-0.2, -0.15) is 13.2 Å². The molecule has 0 saturated carbocycles. The van der Waals surface area contributed by atoms with Gasteiger partial charge in [-0.1, -0.05) is 18.2 Å². The Balaban J connectivity index is 2.15. The van der Waals surface area contributed by atoms with Crippen molar-refractivity contribution >= 4 is 5.82 Å². The molecule has 1 aromatic heterocycles. The van der Waals surface area contributed by atoms with Crippen molar-refractivity contribution in [2.24, 2.45) is 0 Å². The summed E-state index contributed by atoms with van der Waals surface area (Å²) in [5.41, 5.74) is -0.195. The van der Waals surface area contributed by atoms with E-state index in [4.69, 9.17) is 0 Å². The lowest BCUT2D eigenvalue weighted by Crippen LogP contribution is -2.12. The summed E-state index contributed by atoms with van der Waals surface area (Å²) in [6, 6.07) is 9.10. The van der Waals surface area contributed by atoms with Crippen LogP contribution in [0.2, 0.25) is 0 Å². The Hall–Kier alpha value is -2.11. The largest absolute Gasteiger partial charge is 0.433 e. The van der Waals surface area contributed by atoms with Gasteiger partial charge in [0.25, 0.3) is 0 Å². The van der Waals surface area contributed by atoms with E-state index in [9.17, 15) is 17.6 Å². The van der Waals surface area contributed by atoms with Crippen molar-refractivity contribution in [2.45, 2.75) is 19.1 Å². The molecule has 0 fully saturated rings. The fraction of sp³-hybridized carbons (Fsp3) is 0.214. The number of hydrogen-bond acceptors (Lipinski definition) is 2. The van der Waals surface area contributed by atoms with E-state index in [0.717, 1.165) is 11.6 Å². The predicted molar refractivity (Wildman–Crippen MR) is 67.7 cm³/mol. The van der Waals surface area contributed by atoms with Crippen LogP contribution in [0.1, 0.15) is 24.2 Å². The summed E-state index contributed by atoms with van der Waals surface area (Å²) in [4.78, 5) is 3.52. The van der Waals surface area contributed by atoms with Crippen LogP contribution in [0.3, 0.4) is 0 Å². The number of benzene rings is 1. The van der Waals surface area contributed by atoms with Crippen LogP contribution in [-0.4, -0.2) is 4.98 Å². The number of pyridine rings is 1. The summed E-state index contributed by atoms with van der Waals surface area (Å²) in [6.45, 7) is 1.76. The summed E-state index contributed by atoms with van der Waals surface area (Å²) in [5, 5.41) is 2.86. The van der Waals surface area contributed by atoms with Crippen molar-refractivity contribution in [1.82, 2.24) is 4.98 Å². The maximum atomic E-state index is 12.8. The third kappa shape index (κ3) is 3.46. The lowest BCUT2D eigenvalue weighted by Gasteiger charge is -2.16. The molecule has 1 unspecified atom stereocenters. The van der Waals surface area contributed by atoms with Crippen LogP contribution >= 0.6 is 0 Å². The minimum Gasteiger partial charge on any atom is -0.364 e. The van der Waals surface area contributed by atoms with Crippen LogP contribution < -0.4 is 5.32 Å². The summed E-state index contributed by atoms with van der Waals surface area (Å²) < 4.78 is 50.4. The number of aromatic nitrogens is 1. The normalized spacial score (nSPS) is 13.1. The van der Waals surface area contributed by atoms with Gasteiger partial charge in [-0.05, 0) is 36.8 Å². The van der Waals surface area contributed by atoms with Gasteiger partial charge in [0.15, 0.2) is 0 Å². The Kier molecular flexibility index (Phi) is 3.92. The van der Waals surface area contributed by atoms with Gasteiger partial charge < -0.3 is 5.32 Å². The van der Waals surface area contributed by atoms with Gasteiger partial charge in [-0.15, -0.1) is 0 Å². The first kappa shape index (κ1) is 14.3. The maximum absolute atomic E-state index is 12.8. The SMILES string of the molecule is CC(Nc1cccc(C(F)(F)F)n1)c1ccc(F)cc1. The van der Waals surface area contributed by atoms with E-state index in [-0.39, 0.29) is 17.7 Å². The summed E-state index contributed by atoms with van der Waals surface area (Å²) in [7, 11) is 0. The Labute approximate surface area is 113 Å². The quantitative estimate of drug-likeness (QED) is 0.844. The molecule has 6 heteroatoms. The predicted octanol–water partition coefficient (Wildman–Crippen LogP) is 4.41. The summed E-state index contributed by atoms with van der Waals surface area (Å²) >= 11 is 0. The molecule has 2 aromatic rings. The van der Waals surface area contributed by atoms with Crippen molar-refractivity contribution < 1.29 is 17.6 Å². The second-order valence-electron chi connectivity index (χ2n) is 4.32. The molecule has 0 aliphatic carbocycles. The monoisotopic (exact) mass is 284 g/mol. The molecule has 0 saturated heterocycles. The molecule has 0 bridgehead atoms. The Morgan fingerprint density at radius 3 is 2.30 bits per heavy atom. The number of rotatable bonds is 3. The molecular formula is C14H12F4N2. The number of nitrogens with zero attached hydrogens (tertiary/aromatic N) is 1. The highest BCUT2D eigenvalue weighted by Crippen LogP contribution is 2.28. The minimum absolute atomic E-state index is 0.122. The van der Waals surface area contributed by atoms with Gasteiger partial charge in [-0.3, -0.25) is 0 Å². The fourth-order valence-electron chi connectivity index (χ4n) is 1.73. The maximum Gasteiger partial charge on any atom is 0.433 e. The van der Waals surface area contributed by atoms with Gasteiger partial charge in [0.1, 0.15) is 17.3 Å². The molecular weight excluding hydrogens is 272 g/mol. The highest BCUT2D eigenvalue weighted by molar-refractivity contribution is 5.39. The zero-order chi connectivity index (χ0) is 14.8. The average Bonchev–Trinajstić information content (AvgIpc) is 2.38. The van der Waals surface area contributed by atoms with Gasteiger partial charge in [-0.25, -0.2) is 9.37 Å². The first-order valence-corrected chi connectivity index (χ1v) is 5.92. The van der Waals surface area contributed by atoms with Crippen molar-refractivity contribution in [3.8, 4) is 0 Å². The van der Waals surface area contributed by atoms with E-state index < -0.39 is 11.9 Å². The zero-order valence-corrected chi connectivity index (χ0v) is 10.6. The van der Waals surface area contributed by atoms with Crippen molar-refractivity contribution in [3.63, 3.8) is 0 Å². The Morgan fingerprint density at radius 2 is 1.70 bits per heavy atom.